The van der Waals surface area contributed by atoms with Crippen LogP contribution < -0.4 is 5.32 Å². The minimum Gasteiger partial charge on any atom is -0.464 e. The van der Waals surface area contributed by atoms with Crippen LogP contribution in [0.15, 0.2) is 6.20 Å². The Morgan fingerprint density at radius 2 is 2.04 bits per heavy atom. The molecule has 0 radical (unpaired) electrons. The largest absolute Gasteiger partial charge is 0.464 e. The number of carbonyl (C=O) groups is 1. The SMILES string of the molecule is COC(=O)c1nc(Cl)c(C2CC2)nc1Nc1cnn(C2CCOCC2)c1C. The summed E-state index contributed by atoms with van der Waals surface area (Å²) in [5.74, 6) is 0.0785. The summed E-state index contributed by atoms with van der Waals surface area (Å²) in [5.41, 5.74) is 2.55. The van der Waals surface area contributed by atoms with E-state index in [0.717, 1.165) is 56.0 Å². The Labute approximate surface area is 162 Å². The van der Waals surface area contributed by atoms with Crippen molar-refractivity contribution in [2.75, 3.05) is 25.6 Å². The average Bonchev–Trinajstić information content (AvgIpc) is 3.47. The number of esters is 1. The number of halogens is 1. The first-order valence-corrected chi connectivity index (χ1v) is 9.51. The first-order chi connectivity index (χ1) is 13.1. The molecule has 0 bridgehead atoms. The Morgan fingerprint density at radius 3 is 2.70 bits per heavy atom. The molecule has 1 aliphatic heterocycles. The zero-order valence-electron chi connectivity index (χ0n) is 15.4. The third-order valence-corrected chi connectivity index (χ3v) is 5.33. The maximum atomic E-state index is 12.2. The van der Waals surface area contributed by atoms with Crippen molar-refractivity contribution in [2.45, 2.75) is 44.6 Å². The average molecular weight is 392 g/mol. The van der Waals surface area contributed by atoms with Crippen LogP contribution in [0.25, 0.3) is 0 Å². The number of hydrogen-bond donors (Lipinski definition) is 1. The van der Waals surface area contributed by atoms with Gasteiger partial charge in [-0.3, -0.25) is 4.68 Å². The molecule has 0 atom stereocenters. The zero-order valence-corrected chi connectivity index (χ0v) is 16.1. The standard InChI is InChI=1S/C18H22ClN5O3/c1-10-13(9-20-24(10)12-5-7-27-8-6-12)21-17-15(18(25)26-2)22-16(19)14(23-17)11-3-4-11/h9,11-12H,3-8H2,1-2H3,(H,21,23). The maximum Gasteiger partial charge on any atom is 0.360 e. The second-order valence-electron chi connectivity index (χ2n) is 6.92. The minimum atomic E-state index is -0.580. The lowest BCUT2D eigenvalue weighted by molar-refractivity contribution is 0.0594. The predicted molar refractivity (Wildman–Crippen MR) is 99.7 cm³/mol. The molecule has 0 amide bonds. The molecule has 1 saturated heterocycles. The number of carbonyl (C=O) groups excluding carboxylic acids is 1. The Kier molecular flexibility index (Phi) is 5.01. The summed E-state index contributed by atoms with van der Waals surface area (Å²) in [5, 5.41) is 8.01. The molecular formula is C18H22ClN5O3. The molecular weight excluding hydrogens is 370 g/mol. The van der Waals surface area contributed by atoms with Gasteiger partial charge in [0.1, 0.15) is 0 Å². The molecule has 144 valence electrons. The van der Waals surface area contributed by atoms with Crippen LogP contribution in [0.1, 0.15) is 59.5 Å². The van der Waals surface area contributed by atoms with E-state index in [9.17, 15) is 4.79 Å². The first kappa shape index (κ1) is 18.2. The van der Waals surface area contributed by atoms with E-state index in [1.807, 2.05) is 11.6 Å². The van der Waals surface area contributed by atoms with E-state index in [2.05, 4.69) is 20.4 Å². The van der Waals surface area contributed by atoms with Crippen molar-refractivity contribution in [1.82, 2.24) is 19.7 Å². The van der Waals surface area contributed by atoms with Crippen LogP contribution in [0.2, 0.25) is 5.15 Å². The lowest BCUT2D eigenvalue weighted by Crippen LogP contribution is -2.21. The highest BCUT2D eigenvalue weighted by Gasteiger charge is 2.31. The number of nitrogens with one attached hydrogen (secondary N) is 1. The lowest BCUT2D eigenvalue weighted by Gasteiger charge is -2.23. The fraction of sp³-hybridized carbons (Fsp3) is 0.556. The molecule has 1 N–H and O–H groups in total. The van der Waals surface area contributed by atoms with E-state index in [-0.39, 0.29) is 10.8 Å². The third kappa shape index (κ3) is 3.64. The number of anilines is 2. The van der Waals surface area contributed by atoms with E-state index in [4.69, 9.17) is 21.1 Å². The van der Waals surface area contributed by atoms with E-state index < -0.39 is 5.97 Å². The first-order valence-electron chi connectivity index (χ1n) is 9.13. The second-order valence-corrected chi connectivity index (χ2v) is 7.28. The third-order valence-electron chi connectivity index (χ3n) is 5.06. The van der Waals surface area contributed by atoms with Crippen molar-refractivity contribution in [3.05, 3.63) is 28.4 Å². The summed E-state index contributed by atoms with van der Waals surface area (Å²) in [4.78, 5) is 21.0. The molecule has 9 heteroatoms. The molecule has 0 spiro atoms. The van der Waals surface area contributed by atoms with E-state index in [1.165, 1.54) is 7.11 Å². The molecule has 2 aromatic rings. The minimum absolute atomic E-state index is 0.0742. The highest BCUT2D eigenvalue weighted by molar-refractivity contribution is 6.30. The van der Waals surface area contributed by atoms with Gasteiger partial charge in [-0.1, -0.05) is 11.6 Å². The van der Waals surface area contributed by atoms with Crippen molar-refractivity contribution in [1.29, 1.82) is 0 Å². The van der Waals surface area contributed by atoms with Crippen molar-refractivity contribution in [3.63, 3.8) is 0 Å². The fourth-order valence-electron chi connectivity index (χ4n) is 3.34. The van der Waals surface area contributed by atoms with Gasteiger partial charge in [0.05, 0.1) is 36.4 Å². The molecule has 4 rings (SSSR count). The highest BCUT2D eigenvalue weighted by atomic mass is 35.5. The van der Waals surface area contributed by atoms with E-state index in [0.29, 0.717) is 17.8 Å². The molecule has 3 heterocycles. The molecule has 2 fully saturated rings. The quantitative estimate of drug-likeness (QED) is 0.781. The van der Waals surface area contributed by atoms with Crippen LogP contribution in [0.3, 0.4) is 0 Å². The van der Waals surface area contributed by atoms with Gasteiger partial charge in [-0.05, 0) is 32.6 Å². The number of methoxy groups -OCH3 is 1. The zero-order chi connectivity index (χ0) is 19.0. The van der Waals surface area contributed by atoms with Gasteiger partial charge in [0.2, 0.25) is 0 Å². The number of hydrogen-bond acceptors (Lipinski definition) is 7. The summed E-state index contributed by atoms with van der Waals surface area (Å²) in [6.45, 7) is 3.48. The summed E-state index contributed by atoms with van der Waals surface area (Å²) in [6.07, 6.45) is 5.68. The second kappa shape index (κ2) is 7.44. The van der Waals surface area contributed by atoms with Gasteiger partial charge in [0, 0.05) is 19.1 Å². The Bertz CT molecular complexity index is 859. The normalized spacial score (nSPS) is 17.7. The maximum absolute atomic E-state index is 12.2. The van der Waals surface area contributed by atoms with Crippen LogP contribution in [0.5, 0.6) is 0 Å². The van der Waals surface area contributed by atoms with Gasteiger partial charge in [0.25, 0.3) is 0 Å². The van der Waals surface area contributed by atoms with Crippen LogP contribution in [-0.2, 0) is 9.47 Å². The summed E-state index contributed by atoms with van der Waals surface area (Å²) < 4.78 is 12.3. The summed E-state index contributed by atoms with van der Waals surface area (Å²) >= 11 is 6.24. The molecule has 1 saturated carbocycles. The van der Waals surface area contributed by atoms with Gasteiger partial charge >= 0.3 is 5.97 Å². The Hall–Kier alpha value is -2.19. The number of nitrogens with zero attached hydrogens (tertiary/aromatic N) is 4. The number of rotatable bonds is 5. The highest BCUT2D eigenvalue weighted by Crippen LogP contribution is 2.42. The summed E-state index contributed by atoms with van der Waals surface area (Å²) in [7, 11) is 1.31. The van der Waals surface area contributed by atoms with Gasteiger partial charge in [-0.15, -0.1) is 0 Å². The predicted octanol–water partition coefficient (Wildman–Crippen LogP) is 3.39. The van der Waals surface area contributed by atoms with E-state index in [1.54, 1.807) is 6.20 Å². The van der Waals surface area contributed by atoms with E-state index >= 15 is 0 Å². The lowest BCUT2D eigenvalue weighted by atomic mass is 10.1. The summed E-state index contributed by atoms with van der Waals surface area (Å²) in [6, 6.07) is 0.313. The van der Waals surface area contributed by atoms with Gasteiger partial charge in [-0.2, -0.15) is 5.10 Å². The molecule has 1 aliphatic carbocycles. The molecule has 27 heavy (non-hydrogen) atoms. The van der Waals surface area contributed by atoms with Gasteiger partial charge in [-0.25, -0.2) is 14.8 Å². The molecule has 8 nitrogen and oxygen atoms in total. The van der Waals surface area contributed by atoms with Crippen molar-refractivity contribution < 1.29 is 14.3 Å². The van der Waals surface area contributed by atoms with Crippen LogP contribution in [0.4, 0.5) is 11.5 Å². The topological polar surface area (TPSA) is 91.2 Å². The van der Waals surface area contributed by atoms with Gasteiger partial charge < -0.3 is 14.8 Å². The van der Waals surface area contributed by atoms with Crippen LogP contribution >= 0.6 is 11.6 Å². The monoisotopic (exact) mass is 391 g/mol. The Balaban J connectivity index is 1.66. The van der Waals surface area contributed by atoms with Gasteiger partial charge in [0.15, 0.2) is 16.7 Å². The fourth-order valence-corrected chi connectivity index (χ4v) is 3.62. The molecule has 0 unspecified atom stereocenters. The smallest absolute Gasteiger partial charge is 0.360 e. The van der Waals surface area contributed by atoms with Crippen molar-refractivity contribution in [3.8, 4) is 0 Å². The molecule has 0 aromatic carbocycles. The number of ether oxygens (including phenoxy) is 2. The van der Waals surface area contributed by atoms with Crippen LogP contribution in [-0.4, -0.2) is 46.0 Å². The van der Waals surface area contributed by atoms with Crippen molar-refractivity contribution in [2.24, 2.45) is 0 Å². The molecule has 2 aliphatic rings. The number of aromatic nitrogens is 4. The van der Waals surface area contributed by atoms with Crippen LogP contribution in [0, 0.1) is 6.92 Å². The molecule has 2 aromatic heterocycles. The van der Waals surface area contributed by atoms with Crippen molar-refractivity contribution >= 4 is 29.1 Å². The Morgan fingerprint density at radius 1 is 1.30 bits per heavy atom.